The van der Waals surface area contributed by atoms with Crippen molar-refractivity contribution in [3.63, 3.8) is 0 Å². The van der Waals surface area contributed by atoms with Crippen molar-refractivity contribution in [3.8, 4) is 0 Å². The van der Waals surface area contributed by atoms with Gasteiger partial charge in [-0.25, -0.2) is 0 Å². The molecule has 0 saturated heterocycles. The number of carboxylic acids is 1. The summed E-state index contributed by atoms with van der Waals surface area (Å²) in [6.45, 7) is 12.5. The van der Waals surface area contributed by atoms with Crippen LogP contribution in [0, 0.1) is 50.7 Å². The quantitative estimate of drug-likeness (QED) is 0.361. The number of aliphatic carboxylic acids is 1. The Morgan fingerprint density at radius 2 is 1.69 bits per heavy atom. The van der Waals surface area contributed by atoms with Crippen molar-refractivity contribution in [2.75, 3.05) is 6.61 Å². The summed E-state index contributed by atoms with van der Waals surface area (Å²) in [5, 5.41) is 55.6. The molecule has 0 aromatic carbocycles. The van der Waals surface area contributed by atoms with Crippen molar-refractivity contribution in [2.24, 2.45) is 50.7 Å². The molecular weight excluding hydrogens is 456 g/mol. The molecule has 5 aliphatic rings. The van der Waals surface area contributed by atoms with Crippen molar-refractivity contribution >= 4 is 5.97 Å². The van der Waals surface area contributed by atoms with Gasteiger partial charge in [0.1, 0.15) is 0 Å². The highest BCUT2D eigenvalue weighted by molar-refractivity contribution is 5.77. The smallest absolute Gasteiger partial charge is 0.310 e. The van der Waals surface area contributed by atoms with E-state index in [1.54, 1.807) is 0 Å². The van der Waals surface area contributed by atoms with Crippen LogP contribution < -0.4 is 0 Å². The molecule has 5 N–H and O–H groups in total. The number of allylic oxidation sites excluding steroid dienone is 1. The SMILES string of the molecule is C[C@@H]1CC[C@]2(C(=O)O)CC[C@]3(C)C(=CC[C@@H]4[C@@]5(C)CC[C@H](O)[C@](C)(CO)[C@@H]5[C@@H](O)C[C@]43C)[C@@H]2[C@]1(C)O. The van der Waals surface area contributed by atoms with Crippen molar-refractivity contribution in [1.29, 1.82) is 0 Å². The molecule has 0 amide bonds. The first-order valence-corrected chi connectivity index (χ1v) is 14.2. The number of hydrogen-bond donors (Lipinski definition) is 5. The molecule has 0 heterocycles. The normalized spacial score (nSPS) is 58.6. The van der Waals surface area contributed by atoms with Crippen LogP contribution in [0.4, 0.5) is 0 Å². The van der Waals surface area contributed by atoms with E-state index in [0.717, 1.165) is 24.8 Å². The third kappa shape index (κ3) is 2.91. The van der Waals surface area contributed by atoms with E-state index >= 15 is 0 Å². The van der Waals surface area contributed by atoms with Gasteiger partial charge in [0.2, 0.25) is 0 Å². The first kappa shape index (κ1) is 26.6. The van der Waals surface area contributed by atoms with Crippen LogP contribution in [0.3, 0.4) is 0 Å². The van der Waals surface area contributed by atoms with E-state index < -0.39 is 40.5 Å². The molecule has 6 nitrogen and oxygen atoms in total. The van der Waals surface area contributed by atoms with Gasteiger partial charge in [-0.05, 0) is 86.4 Å². The Bertz CT molecular complexity index is 974. The molecule has 36 heavy (non-hydrogen) atoms. The van der Waals surface area contributed by atoms with Crippen LogP contribution in [0.1, 0.15) is 92.9 Å². The predicted molar refractivity (Wildman–Crippen MR) is 137 cm³/mol. The van der Waals surface area contributed by atoms with Crippen molar-refractivity contribution in [2.45, 2.75) is 111 Å². The van der Waals surface area contributed by atoms with E-state index in [9.17, 15) is 30.3 Å². The van der Waals surface area contributed by atoms with Crippen LogP contribution >= 0.6 is 0 Å². The highest BCUT2D eigenvalue weighted by atomic mass is 16.4. The molecule has 12 atom stereocenters. The van der Waals surface area contributed by atoms with Gasteiger partial charge in [-0.15, -0.1) is 0 Å². The first-order chi connectivity index (χ1) is 16.6. The molecule has 0 aromatic heterocycles. The summed E-state index contributed by atoms with van der Waals surface area (Å²) in [5.74, 6) is -1.21. The number of carboxylic acid groups (broad SMARTS) is 1. The van der Waals surface area contributed by atoms with E-state index in [0.29, 0.717) is 32.1 Å². The Hall–Kier alpha value is -0.950. The van der Waals surface area contributed by atoms with Crippen LogP contribution in [0.15, 0.2) is 11.6 Å². The van der Waals surface area contributed by atoms with Gasteiger partial charge < -0.3 is 25.5 Å². The standard InChI is InChI=1S/C30H48O6/c1-17-9-12-30(24(34)35)14-13-27(4)18(22(30)29(17,6)36)7-8-20-25(2)11-10-21(33)26(3,16-31)23(25)19(32)15-28(20,27)5/h7,17,19-23,31-33,36H,8-16H2,1-6H3,(H,34,35)/t17-,19+,20-,21+,22-,23-,25-,26+,27-,28-,29-,30+/m1/s1. The van der Waals surface area contributed by atoms with Crippen LogP contribution in [0.25, 0.3) is 0 Å². The average molecular weight is 505 g/mol. The third-order valence-corrected chi connectivity index (χ3v) is 13.5. The van der Waals surface area contributed by atoms with Gasteiger partial charge in [0.25, 0.3) is 0 Å². The largest absolute Gasteiger partial charge is 0.481 e. The van der Waals surface area contributed by atoms with E-state index in [2.05, 4.69) is 26.8 Å². The molecule has 4 saturated carbocycles. The molecule has 0 unspecified atom stereocenters. The molecule has 5 aliphatic carbocycles. The topological polar surface area (TPSA) is 118 Å². The molecule has 6 heteroatoms. The lowest BCUT2D eigenvalue weighted by atomic mass is 9.32. The molecule has 0 radical (unpaired) electrons. The maximum Gasteiger partial charge on any atom is 0.310 e. The van der Waals surface area contributed by atoms with Gasteiger partial charge in [-0.3, -0.25) is 4.79 Å². The van der Waals surface area contributed by atoms with Crippen molar-refractivity contribution < 1.29 is 30.3 Å². The lowest BCUT2D eigenvalue weighted by Crippen LogP contribution is -2.70. The van der Waals surface area contributed by atoms with Gasteiger partial charge in [-0.2, -0.15) is 0 Å². The molecular formula is C30H48O6. The van der Waals surface area contributed by atoms with Gasteiger partial charge in [-0.1, -0.05) is 46.3 Å². The second-order valence-corrected chi connectivity index (χ2v) is 14.7. The fourth-order valence-electron chi connectivity index (χ4n) is 11.0. The molecule has 0 bridgehead atoms. The fourth-order valence-corrected chi connectivity index (χ4v) is 11.0. The van der Waals surface area contributed by atoms with Crippen molar-refractivity contribution in [3.05, 3.63) is 11.6 Å². The lowest BCUT2D eigenvalue weighted by Gasteiger charge is -2.72. The van der Waals surface area contributed by atoms with E-state index in [-0.39, 0.29) is 40.6 Å². The first-order valence-electron chi connectivity index (χ1n) is 14.2. The van der Waals surface area contributed by atoms with Gasteiger partial charge >= 0.3 is 5.97 Å². The van der Waals surface area contributed by atoms with Gasteiger partial charge in [0.15, 0.2) is 0 Å². The highest BCUT2D eigenvalue weighted by Crippen LogP contribution is 2.76. The Morgan fingerprint density at radius 3 is 2.31 bits per heavy atom. The Labute approximate surface area is 216 Å². The monoisotopic (exact) mass is 504 g/mol. The van der Waals surface area contributed by atoms with Gasteiger partial charge in [0.05, 0.1) is 29.8 Å². The zero-order valence-corrected chi connectivity index (χ0v) is 23.0. The fraction of sp³-hybridized carbons (Fsp3) is 0.900. The minimum absolute atomic E-state index is 0.00712. The molecule has 0 aliphatic heterocycles. The Balaban J connectivity index is 1.66. The van der Waals surface area contributed by atoms with Crippen LogP contribution in [-0.4, -0.2) is 55.9 Å². The van der Waals surface area contributed by atoms with E-state index in [1.165, 1.54) is 0 Å². The molecule has 0 aromatic rings. The van der Waals surface area contributed by atoms with Crippen LogP contribution in [0.2, 0.25) is 0 Å². The van der Waals surface area contributed by atoms with Crippen molar-refractivity contribution in [1.82, 2.24) is 0 Å². The maximum atomic E-state index is 12.8. The molecule has 204 valence electrons. The summed E-state index contributed by atoms with van der Waals surface area (Å²) in [6, 6.07) is 0. The summed E-state index contributed by atoms with van der Waals surface area (Å²) in [4.78, 5) is 12.8. The summed E-state index contributed by atoms with van der Waals surface area (Å²) in [7, 11) is 0. The maximum absolute atomic E-state index is 12.8. The number of aliphatic hydroxyl groups is 4. The van der Waals surface area contributed by atoms with Gasteiger partial charge in [0, 0.05) is 17.3 Å². The molecule has 5 rings (SSSR count). The minimum Gasteiger partial charge on any atom is -0.481 e. The predicted octanol–water partition coefficient (Wildman–Crippen LogP) is 4.15. The second kappa shape index (κ2) is 7.80. The average Bonchev–Trinajstić information content (AvgIpc) is 2.79. The number of rotatable bonds is 2. The number of carbonyl (C=O) groups is 1. The third-order valence-electron chi connectivity index (χ3n) is 13.5. The number of hydrogen-bond acceptors (Lipinski definition) is 5. The van der Waals surface area contributed by atoms with Crippen LogP contribution in [0.5, 0.6) is 0 Å². The Kier molecular flexibility index (Phi) is 5.77. The zero-order chi connectivity index (χ0) is 26.7. The highest BCUT2D eigenvalue weighted by Gasteiger charge is 2.73. The number of fused-ring (bicyclic) bond motifs is 7. The second-order valence-electron chi connectivity index (χ2n) is 14.7. The Morgan fingerprint density at radius 1 is 1.03 bits per heavy atom. The summed E-state index contributed by atoms with van der Waals surface area (Å²) < 4.78 is 0. The minimum atomic E-state index is -1.11. The molecule has 0 spiro atoms. The zero-order valence-electron chi connectivity index (χ0n) is 23.0. The number of aliphatic hydroxyl groups excluding tert-OH is 3. The summed E-state index contributed by atoms with van der Waals surface area (Å²) >= 11 is 0. The van der Waals surface area contributed by atoms with E-state index in [1.807, 2.05) is 20.8 Å². The van der Waals surface area contributed by atoms with Crippen LogP contribution in [-0.2, 0) is 4.79 Å². The molecule has 4 fully saturated rings. The summed E-state index contributed by atoms with van der Waals surface area (Å²) in [5.41, 5.74) is -2.62. The lowest BCUT2D eigenvalue weighted by molar-refractivity contribution is -0.255. The van der Waals surface area contributed by atoms with E-state index in [4.69, 9.17) is 0 Å². The summed E-state index contributed by atoms with van der Waals surface area (Å²) in [6.07, 6.45) is 6.26.